The minimum atomic E-state index is -0.619. The fraction of sp³-hybridized carbons (Fsp3) is 0.333. The molecule has 0 spiro atoms. The summed E-state index contributed by atoms with van der Waals surface area (Å²) in [5.74, 6) is -0.160. The van der Waals surface area contributed by atoms with E-state index in [0.29, 0.717) is 6.04 Å². The Kier molecular flexibility index (Phi) is 17.4. The van der Waals surface area contributed by atoms with Crippen molar-refractivity contribution in [3.05, 3.63) is 155 Å². The standard InChI is InChI=1S/C19H22N2.C14H11N.C5H12ClN.CH4/c1-16(21(3)4)15-19(20-2,17-11-7-5-8-12-17)18-13-9-6-10-14-18;15-11-14(12-7-3-1-4-8-12)13-9-5-2-6-10-13;1-5(6)4-7(2)3;/h5-14,16H,15H2,1,3-4H3;1-10,14H;5H,4H2,1-3H3;1H4. The molecule has 5 heteroatoms. The lowest BCUT2D eigenvalue weighted by Crippen LogP contribution is -2.35. The number of alkyl halides is 1. The van der Waals surface area contributed by atoms with Crippen LogP contribution in [0.15, 0.2) is 121 Å². The minimum absolute atomic E-state index is 0. The van der Waals surface area contributed by atoms with Gasteiger partial charge in [-0.1, -0.05) is 129 Å². The molecule has 0 radical (unpaired) electrons. The summed E-state index contributed by atoms with van der Waals surface area (Å²) >= 11 is 5.63. The van der Waals surface area contributed by atoms with Crippen LogP contribution < -0.4 is 0 Å². The van der Waals surface area contributed by atoms with E-state index in [4.69, 9.17) is 18.2 Å². The number of benzene rings is 4. The van der Waals surface area contributed by atoms with Gasteiger partial charge in [0.15, 0.2) is 0 Å². The molecule has 0 saturated carbocycles. The second kappa shape index (κ2) is 20.1. The fourth-order valence-electron chi connectivity index (χ4n) is 4.75. The highest BCUT2D eigenvalue weighted by Gasteiger charge is 2.42. The average Bonchev–Trinajstić information content (AvgIpc) is 3.02. The van der Waals surface area contributed by atoms with Crippen LogP contribution in [0.4, 0.5) is 0 Å². The average molecular weight is 609 g/mol. The predicted octanol–water partition coefficient (Wildman–Crippen LogP) is 9.34. The molecule has 2 unspecified atom stereocenters. The number of nitriles is 1. The molecule has 0 saturated heterocycles. The van der Waals surface area contributed by atoms with Crippen molar-refractivity contribution in [3.8, 4) is 6.07 Å². The van der Waals surface area contributed by atoms with E-state index in [-0.39, 0.29) is 18.7 Å². The molecule has 0 aliphatic heterocycles. The Bertz CT molecular complexity index is 1290. The number of rotatable bonds is 9. The molecule has 0 N–H and O–H groups in total. The highest BCUT2D eigenvalue weighted by Crippen LogP contribution is 2.39. The molecule has 4 nitrogen and oxygen atoms in total. The fourth-order valence-corrected chi connectivity index (χ4v) is 5.03. The summed E-state index contributed by atoms with van der Waals surface area (Å²) in [7, 11) is 8.16. The summed E-state index contributed by atoms with van der Waals surface area (Å²) in [6.45, 7) is 13.0. The Morgan fingerprint density at radius 2 is 1.09 bits per heavy atom. The van der Waals surface area contributed by atoms with E-state index in [1.165, 1.54) is 0 Å². The van der Waals surface area contributed by atoms with Crippen molar-refractivity contribution in [2.24, 2.45) is 0 Å². The van der Waals surface area contributed by atoms with Gasteiger partial charge in [0.05, 0.1) is 18.4 Å². The van der Waals surface area contributed by atoms with Crippen molar-refractivity contribution in [2.75, 3.05) is 34.7 Å². The summed E-state index contributed by atoms with van der Waals surface area (Å²) in [6, 6.07) is 42.7. The maximum absolute atomic E-state index is 9.18. The van der Waals surface area contributed by atoms with Crippen molar-refractivity contribution in [3.63, 3.8) is 0 Å². The van der Waals surface area contributed by atoms with Gasteiger partial charge >= 0.3 is 0 Å². The van der Waals surface area contributed by atoms with Gasteiger partial charge in [-0.15, -0.1) is 11.6 Å². The smallest absolute Gasteiger partial charge is 0.284 e. The second-order valence-corrected chi connectivity index (χ2v) is 11.9. The third-order valence-electron chi connectivity index (χ3n) is 7.18. The van der Waals surface area contributed by atoms with Crippen molar-refractivity contribution in [1.82, 2.24) is 9.80 Å². The molecule has 0 aromatic heterocycles. The first-order valence-corrected chi connectivity index (χ1v) is 15.0. The molecule has 0 bridgehead atoms. The maximum atomic E-state index is 9.18. The van der Waals surface area contributed by atoms with Gasteiger partial charge in [-0.25, -0.2) is 6.57 Å². The monoisotopic (exact) mass is 608 g/mol. The van der Waals surface area contributed by atoms with Crippen LogP contribution in [0, 0.1) is 17.9 Å². The highest BCUT2D eigenvalue weighted by molar-refractivity contribution is 6.20. The van der Waals surface area contributed by atoms with Gasteiger partial charge in [0.2, 0.25) is 0 Å². The number of hydrogen-bond acceptors (Lipinski definition) is 3. The van der Waals surface area contributed by atoms with E-state index in [9.17, 15) is 5.26 Å². The molecule has 4 aromatic carbocycles. The Labute approximate surface area is 272 Å². The summed E-state index contributed by atoms with van der Waals surface area (Å²) < 4.78 is 0. The van der Waals surface area contributed by atoms with Crippen molar-refractivity contribution >= 4 is 11.6 Å². The lowest BCUT2D eigenvalue weighted by atomic mass is 9.78. The molecule has 0 aliphatic rings. The quantitative estimate of drug-likeness (QED) is 0.140. The van der Waals surface area contributed by atoms with E-state index in [1.54, 1.807) is 0 Å². The van der Waals surface area contributed by atoms with Crippen LogP contribution in [0.5, 0.6) is 0 Å². The van der Waals surface area contributed by atoms with E-state index < -0.39 is 5.54 Å². The maximum Gasteiger partial charge on any atom is 0.284 e. The first kappa shape index (κ1) is 38.1. The van der Waals surface area contributed by atoms with E-state index >= 15 is 0 Å². The molecule has 44 heavy (non-hydrogen) atoms. The van der Waals surface area contributed by atoms with Crippen LogP contribution in [-0.4, -0.2) is 56.0 Å². The van der Waals surface area contributed by atoms with Crippen LogP contribution >= 0.6 is 11.6 Å². The molecule has 0 heterocycles. The summed E-state index contributed by atoms with van der Waals surface area (Å²) in [6.07, 6.45) is 0.775. The molecular weight excluding hydrogens is 560 g/mol. The van der Waals surface area contributed by atoms with Gasteiger partial charge < -0.3 is 9.80 Å². The van der Waals surface area contributed by atoms with Crippen LogP contribution in [-0.2, 0) is 5.54 Å². The predicted molar refractivity (Wildman–Crippen MR) is 189 cm³/mol. The third kappa shape index (κ3) is 12.0. The summed E-state index contributed by atoms with van der Waals surface area (Å²) in [4.78, 5) is 8.35. The second-order valence-electron chi connectivity index (χ2n) is 11.1. The zero-order valence-corrected chi connectivity index (χ0v) is 27.1. The van der Waals surface area contributed by atoms with Crippen molar-refractivity contribution < 1.29 is 0 Å². The Hall–Kier alpha value is -3.93. The van der Waals surface area contributed by atoms with Crippen LogP contribution in [0.1, 0.15) is 55.9 Å². The Balaban J connectivity index is 0.000000367. The summed E-state index contributed by atoms with van der Waals surface area (Å²) in [5.41, 5.74) is 3.61. The van der Waals surface area contributed by atoms with Gasteiger partial charge in [0.1, 0.15) is 0 Å². The minimum Gasteiger partial charge on any atom is -0.308 e. The number of halogens is 1. The largest absolute Gasteiger partial charge is 0.308 e. The third-order valence-corrected chi connectivity index (χ3v) is 7.32. The van der Waals surface area contributed by atoms with Crippen LogP contribution in [0.2, 0.25) is 0 Å². The Morgan fingerprint density at radius 1 is 0.727 bits per heavy atom. The SMILES string of the molecule is C.CC(Cl)CN(C)C.N#CC(c1ccccc1)c1ccccc1.[C-]#[N+]C(CC(C)N(C)C)(c1ccccc1)c1ccccc1. The first-order chi connectivity index (χ1) is 20.6. The van der Waals surface area contributed by atoms with Gasteiger partial charge in [0.25, 0.3) is 5.54 Å². The topological polar surface area (TPSA) is 34.6 Å². The number of hydrogen-bond donors (Lipinski definition) is 0. The molecule has 0 amide bonds. The van der Waals surface area contributed by atoms with Gasteiger partial charge in [0, 0.05) is 29.1 Å². The molecular formula is C39H49ClN4. The Morgan fingerprint density at radius 3 is 1.34 bits per heavy atom. The van der Waals surface area contributed by atoms with Crippen molar-refractivity contribution in [2.45, 2.75) is 50.6 Å². The molecule has 0 fully saturated rings. The van der Waals surface area contributed by atoms with E-state index in [2.05, 4.69) is 66.0 Å². The zero-order chi connectivity index (χ0) is 31.7. The highest BCUT2D eigenvalue weighted by atomic mass is 35.5. The van der Waals surface area contributed by atoms with Crippen LogP contribution in [0.25, 0.3) is 4.85 Å². The van der Waals surface area contributed by atoms with Crippen LogP contribution in [0.3, 0.4) is 0 Å². The van der Waals surface area contributed by atoms with Gasteiger partial charge in [-0.3, -0.25) is 4.85 Å². The normalized spacial score (nSPS) is 11.9. The molecule has 4 aromatic rings. The summed E-state index contributed by atoms with van der Waals surface area (Å²) in [5, 5.41) is 9.46. The first-order valence-electron chi connectivity index (χ1n) is 14.6. The number of nitrogens with zero attached hydrogens (tertiary/aromatic N) is 4. The van der Waals surface area contributed by atoms with E-state index in [0.717, 1.165) is 35.2 Å². The molecule has 2 atom stereocenters. The van der Waals surface area contributed by atoms with E-state index in [1.807, 2.05) is 118 Å². The molecule has 232 valence electrons. The molecule has 0 aliphatic carbocycles. The van der Waals surface area contributed by atoms with Gasteiger partial charge in [-0.05, 0) is 53.2 Å². The molecule has 4 rings (SSSR count). The van der Waals surface area contributed by atoms with Gasteiger partial charge in [-0.2, -0.15) is 5.26 Å². The lowest BCUT2D eigenvalue weighted by Gasteiger charge is -2.29. The van der Waals surface area contributed by atoms with Crippen molar-refractivity contribution in [1.29, 1.82) is 5.26 Å². The zero-order valence-electron chi connectivity index (χ0n) is 26.4. The lowest BCUT2D eigenvalue weighted by molar-refractivity contribution is 0.272.